The van der Waals surface area contributed by atoms with E-state index in [0.717, 1.165) is 116 Å². The maximum Gasteiger partial charge on any atom is 0.253 e. The Kier molecular flexibility index (Phi) is 8.95. The molecule has 6 nitrogen and oxygen atoms in total. The number of carbonyl (C=O) groups excluding carboxylic acids is 2. The fraction of sp³-hybridized carbons (Fsp3) is 0.929. The first-order chi connectivity index (χ1) is 16.5. The highest BCUT2D eigenvalue weighted by atomic mass is 16.6. The summed E-state index contributed by atoms with van der Waals surface area (Å²) in [5, 5.41) is 0. The number of amides is 2. The third-order valence-electron chi connectivity index (χ3n) is 9.45. The van der Waals surface area contributed by atoms with E-state index in [-0.39, 0.29) is 24.0 Å². The summed E-state index contributed by atoms with van der Waals surface area (Å²) in [5.41, 5.74) is 9.84. The molecule has 194 valence electrons. The summed E-state index contributed by atoms with van der Waals surface area (Å²) >= 11 is 0. The Bertz CT molecular complexity index is 618. The topological polar surface area (TPSA) is 105 Å². The average Bonchev–Trinajstić information content (AvgIpc) is 2.88. The Morgan fingerprint density at radius 2 is 0.735 bits per heavy atom. The van der Waals surface area contributed by atoms with Gasteiger partial charge in [-0.1, -0.05) is 77.0 Å². The predicted molar refractivity (Wildman–Crippen MR) is 133 cm³/mol. The first-order valence-corrected chi connectivity index (χ1v) is 14.5. The SMILES string of the molecule is NC(=O)[C@@](OC1CCCCC1)(C1CCCCC1)[C@](OC1CCCCC1)(C(N)=O)C1CCCCC1. The molecule has 0 radical (unpaired) electrons. The van der Waals surface area contributed by atoms with Crippen LogP contribution in [0.15, 0.2) is 0 Å². The van der Waals surface area contributed by atoms with E-state index in [2.05, 4.69) is 0 Å². The minimum Gasteiger partial charge on any atom is -0.367 e. The second kappa shape index (κ2) is 11.7. The molecular formula is C28H48N2O4. The van der Waals surface area contributed by atoms with Gasteiger partial charge in [0.15, 0.2) is 11.2 Å². The summed E-state index contributed by atoms with van der Waals surface area (Å²) in [6.45, 7) is 0. The molecule has 2 amide bonds. The van der Waals surface area contributed by atoms with Gasteiger partial charge in [-0.25, -0.2) is 0 Å². The van der Waals surface area contributed by atoms with Gasteiger partial charge in [0.25, 0.3) is 11.8 Å². The Morgan fingerprint density at radius 3 is 1.00 bits per heavy atom. The van der Waals surface area contributed by atoms with Crippen LogP contribution >= 0.6 is 0 Å². The van der Waals surface area contributed by atoms with Crippen molar-refractivity contribution < 1.29 is 19.1 Å². The molecule has 4 aliphatic carbocycles. The van der Waals surface area contributed by atoms with Crippen LogP contribution in [0, 0.1) is 11.8 Å². The number of nitrogens with two attached hydrogens (primary N) is 2. The summed E-state index contributed by atoms with van der Waals surface area (Å²) in [7, 11) is 0. The number of primary amides is 2. The monoisotopic (exact) mass is 476 g/mol. The van der Waals surface area contributed by atoms with E-state index in [1.54, 1.807) is 0 Å². The normalized spacial score (nSPS) is 28.1. The molecule has 4 rings (SSSR count). The molecule has 0 spiro atoms. The molecular weight excluding hydrogens is 428 g/mol. The van der Waals surface area contributed by atoms with Gasteiger partial charge in [0.1, 0.15) is 0 Å². The van der Waals surface area contributed by atoms with Crippen molar-refractivity contribution in [3.05, 3.63) is 0 Å². The predicted octanol–water partition coefficient (Wildman–Crippen LogP) is 5.29. The van der Waals surface area contributed by atoms with Crippen molar-refractivity contribution in [3.8, 4) is 0 Å². The molecule has 4 saturated carbocycles. The smallest absolute Gasteiger partial charge is 0.253 e. The quantitative estimate of drug-likeness (QED) is 0.471. The largest absolute Gasteiger partial charge is 0.367 e. The average molecular weight is 477 g/mol. The highest BCUT2D eigenvalue weighted by Gasteiger charge is 2.69. The second-order valence-electron chi connectivity index (χ2n) is 11.6. The van der Waals surface area contributed by atoms with Gasteiger partial charge in [0.05, 0.1) is 12.2 Å². The molecule has 4 aliphatic rings. The first-order valence-electron chi connectivity index (χ1n) is 14.5. The van der Waals surface area contributed by atoms with E-state index in [0.29, 0.717) is 0 Å². The molecule has 4 N–H and O–H groups in total. The Morgan fingerprint density at radius 1 is 0.471 bits per heavy atom. The van der Waals surface area contributed by atoms with Crippen molar-refractivity contribution >= 4 is 11.8 Å². The van der Waals surface area contributed by atoms with E-state index < -0.39 is 23.0 Å². The molecule has 34 heavy (non-hydrogen) atoms. The van der Waals surface area contributed by atoms with Gasteiger partial charge in [0, 0.05) is 11.8 Å². The molecule has 0 saturated heterocycles. The van der Waals surface area contributed by atoms with Crippen LogP contribution in [0.1, 0.15) is 128 Å². The van der Waals surface area contributed by atoms with E-state index in [1.807, 2.05) is 0 Å². The van der Waals surface area contributed by atoms with Crippen LogP contribution in [0.2, 0.25) is 0 Å². The second-order valence-corrected chi connectivity index (χ2v) is 11.6. The molecule has 2 atom stereocenters. The number of hydrogen-bond acceptors (Lipinski definition) is 4. The highest BCUT2D eigenvalue weighted by Crippen LogP contribution is 2.52. The number of hydrogen-bond donors (Lipinski definition) is 2. The first kappa shape index (κ1) is 25.9. The molecule has 0 aromatic rings. The molecule has 6 heteroatoms. The van der Waals surface area contributed by atoms with Gasteiger partial charge in [-0.15, -0.1) is 0 Å². The zero-order chi connectivity index (χ0) is 24.0. The van der Waals surface area contributed by atoms with Gasteiger partial charge < -0.3 is 20.9 Å². The molecule has 4 fully saturated rings. The zero-order valence-electron chi connectivity index (χ0n) is 21.2. The zero-order valence-corrected chi connectivity index (χ0v) is 21.2. The van der Waals surface area contributed by atoms with Gasteiger partial charge >= 0.3 is 0 Å². The lowest BCUT2D eigenvalue weighted by atomic mass is 9.59. The summed E-state index contributed by atoms with van der Waals surface area (Å²) in [6, 6.07) is 0. The molecule has 0 unspecified atom stereocenters. The third-order valence-corrected chi connectivity index (χ3v) is 9.45. The maximum atomic E-state index is 13.8. The summed E-state index contributed by atoms with van der Waals surface area (Å²) in [4.78, 5) is 27.7. The molecule has 0 bridgehead atoms. The molecule has 0 aromatic heterocycles. The lowest BCUT2D eigenvalue weighted by Gasteiger charge is -2.56. The fourth-order valence-electron chi connectivity index (χ4n) is 7.77. The minimum atomic E-state index is -1.49. The van der Waals surface area contributed by atoms with Crippen molar-refractivity contribution in [3.63, 3.8) is 0 Å². The molecule has 0 aliphatic heterocycles. The van der Waals surface area contributed by atoms with Crippen LogP contribution < -0.4 is 11.5 Å². The van der Waals surface area contributed by atoms with Crippen LogP contribution in [0.4, 0.5) is 0 Å². The standard InChI is InChI=1S/C28H48N2O4/c29-25(31)27(21-13-5-1-6-14-21,33-23-17-9-3-10-18-23)28(26(30)32,22-15-7-2-8-16-22)34-24-19-11-4-12-20-24/h21-24H,1-20H2,(H2,29,31)(H2,30,32)/t27-,28+. The van der Waals surface area contributed by atoms with Gasteiger partial charge in [-0.3, -0.25) is 9.59 Å². The van der Waals surface area contributed by atoms with Crippen LogP contribution in [0.25, 0.3) is 0 Å². The lowest BCUT2D eigenvalue weighted by molar-refractivity contribution is -0.271. The summed E-state index contributed by atoms with van der Waals surface area (Å²) in [5.74, 6) is -1.30. The minimum absolute atomic E-state index is 0.0690. The summed E-state index contributed by atoms with van der Waals surface area (Å²) < 4.78 is 14.0. The fourth-order valence-corrected chi connectivity index (χ4v) is 7.77. The van der Waals surface area contributed by atoms with Gasteiger partial charge in [-0.2, -0.15) is 0 Å². The third kappa shape index (κ3) is 5.04. The van der Waals surface area contributed by atoms with Gasteiger partial charge in [0.2, 0.25) is 0 Å². The van der Waals surface area contributed by atoms with Crippen LogP contribution in [0.3, 0.4) is 0 Å². The molecule has 0 aromatic carbocycles. The number of rotatable bonds is 9. The Labute approximate surface area is 206 Å². The number of carbonyl (C=O) groups is 2. The van der Waals surface area contributed by atoms with Crippen LogP contribution in [-0.4, -0.2) is 35.2 Å². The molecule has 0 heterocycles. The van der Waals surface area contributed by atoms with Crippen LogP contribution in [-0.2, 0) is 19.1 Å². The Balaban J connectivity index is 1.85. The highest BCUT2D eigenvalue weighted by molar-refractivity contribution is 5.97. The number of ether oxygens (including phenoxy) is 2. The maximum absolute atomic E-state index is 13.8. The Hall–Kier alpha value is -1.14. The van der Waals surface area contributed by atoms with Crippen molar-refractivity contribution in [1.82, 2.24) is 0 Å². The van der Waals surface area contributed by atoms with E-state index in [9.17, 15) is 9.59 Å². The summed E-state index contributed by atoms with van der Waals surface area (Å²) in [6.07, 6.45) is 19.9. The van der Waals surface area contributed by atoms with Crippen molar-refractivity contribution in [2.45, 2.75) is 152 Å². The van der Waals surface area contributed by atoms with Crippen LogP contribution in [0.5, 0.6) is 0 Å². The van der Waals surface area contributed by atoms with E-state index in [1.165, 1.54) is 12.8 Å². The van der Waals surface area contributed by atoms with Crippen molar-refractivity contribution in [2.75, 3.05) is 0 Å². The van der Waals surface area contributed by atoms with E-state index in [4.69, 9.17) is 20.9 Å². The van der Waals surface area contributed by atoms with E-state index >= 15 is 0 Å². The van der Waals surface area contributed by atoms with Crippen molar-refractivity contribution in [1.29, 1.82) is 0 Å². The lowest BCUT2D eigenvalue weighted by Crippen LogP contribution is -2.77. The van der Waals surface area contributed by atoms with Crippen molar-refractivity contribution in [2.24, 2.45) is 23.3 Å². The van der Waals surface area contributed by atoms with Gasteiger partial charge in [-0.05, 0) is 51.4 Å².